The molecule has 0 nitrogen and oxygen atoms in total. The van der Waals surface area contributed by atoms with E-state index in [0.717, 1.165) is 0 Å². The second kappa shape index (κ2) is 26.2. The fourth-order valence-electron chi connectivity index (χ4n) is 5.39. The molecule has 0 atom stereocenters. The van der Waals surface area contributed by atoms with Crippen LogP contribution in [0.1, 0.15) is 33.4 Å². The Morgan fingerprint density at radius 3 is 0.479 bits per heavy atom. The molecule has 0 heterocycles. The molecular weight excluding hydrogens is 1000 g/mol. The first kappa shape index (κ1) is 44.4. The Balaban J connectivity index is 0.000000443. The van der Waals surface area contributed by atoms with Crippen molar-refractivity contribution in [2.45, 2.75) is 37.0 Å². The van der Waals surface area contributed by atoms with E-state index in [-0.39, 0.29) is 89.2 Å². The smallest absolute Gasteiger partial charge is 1.00 e. The second-order valence-electron chi connectivity index (χ2n) is 11.2. The van der Waals surface area contributed by atoms with Gasteiger partial charge in [0.05, 0.1) is 0 Å². The molecule has 0 aromatic heterocycles. The van der Waals surface area contributed by atoms with Crippen LogP contribution < -0.4 is 50.9 Å². The minimum atomic E-state index is -0.0895. The first-order chi connectivity index (χ1) is 21.8. The van der Waals surface area contributed by atoms with Gasteiger partial charge < -0.3 is 50.9 Å². The van der Waals surface area contributed by atoms with E-state index in [9.17, 15) is 0 Å². The van der Waals surface area contributed by atoms with E-state index in [1.165, 1.54) is 70.4 Å². The summed E-state index contributed by atoms with van der Waals surface area (Å²) in [6.45, 7) is 0. The van der Waals surface area contributed by atoms with Crippen molar-refractivity contribution >= 4 is 15.8 Å². The van der Waals surface area contributed by atoms with Gasteiger partial charge in [-0.15, -0.1) is 0 Å². The molecule has 0 fully saturated rings. The van der Waals surface area contributed by atoms with Crippen molar-refractivity contribution in [1.82, 2.24) is 0 Å². The monoisotopic (exact) mass is 1040 g/mol. The zero-order valence-electron chi connectivity index (χ0n) is 26.9. The molecule has 6 rings (SSSR count). The van der Waals surface area contributed by atoms with Gasteiger partial charge in [0.25, 0.3) is 0 Å². The first-order valence-corrected chi connectivity index (χ1v) is 19.3. The largest absolute Gasteiger partial charge is 3.00 e. The van der Waals surface area contributed by atoms with Crippen molar-refractivity contribution in [2.24, 2.45) is 0 Å². The molecular formula is C42H42AuBr3P2. The first-order valence-electron chi connectivity index (χ1n) is 15.5. The van der Waals surface area contributed by atoms with Gasteiger partial charge in [-0.05, 0) is 70.4 Å². The van der Waals surface area contributed by atoms with E-state index < -0.39 is 0 Å². The van der Waals surface area contributed by atoms with Crippen LogP contribution >= 0.6 is 15.8 Å². The molecule has 0 saturated heterocycles. The van der Waals surface area contributed by atoms with E-state index in [4.69, 9.17) is 0 Å². The number of halogens is 3. The van der Waals surface area contributed by atoms with E-state index in [1.54, 1.807) is 0 Å². The van der Waals surface area contributed by atoms with E-state index >= 15 is 0 Å². The van der Waals surface area contributed by atoms with Crippen LogP contribution in [0.3, 0.4) is 0 Å². The van der Waals surface area contributed by atoms with Crippen LogP contribution in [0.25, 0.3) is 0 Å². The SMILES string of the molecule is [Au+3].[Br-].[Br-].[Br-].c1ccc(CP(Cc2ccccc2)Cc2ccccc2)cc1.c1ccc(CP(Cc2ccccc2)Cc2ccccc2)cc1. The summed E-state index contributed by atoms with van der Waals surface area (Å²) in [5.41, 5.74) is 8.75. The molecule has 0 aliphatic rings. The minimum absolute atomic E-state index is 0. The van der Waals surface area contributed by atoms with Crippen molar-refractivity contribution in [1.29, 1.82) is 0 Å². The molecule has 0 amide bonds. The fourth-order valence-corrected chi connectivity index (χ4v) is 10.4. The topological polar surface area (TPSA) is 0 Å². The summed E-state index contributed by atoms with van der Waals surface area (Å²) in [6.07, 6.45) is 7.17. The van der Waals surface area contributed by atoms with E-state index in [2.05, 4.69) is 182 Å². The van der Waals surface area contributed by atoms with Gasteiger partial charge in [-0.2, -0.15) is 0 Å². The molecule has 48 heavy (non-hydrogen) atoms. The van der Waals surface area contributed by atoms with Crippen molar-refractivity contribution in [2.75, 3.05) is 0 Å². The maximum absolute atomic E-state index is 2.26. The summed E-state index contributed by atoms with van der Waals surface area (Å²) in [5, 5.41) is 0. The molecule has 0 radical (unpaired) electrons. The quantitative estimate of drug-likeness (QED) is 0.131. The number of benzene rings is 6. The maximum atomic E-state index is 2.26. The number of rotatable bonds is 12. The molecule has 252 valence electrons. The van der Waals surface area contributed by atoms with Crippen molar-refractivity contribution in [3.63, 3.8) is 0 Å². The van der Waals surface area contributed by atoms with Crippen LogP contribution in [0.5, 0.6) is 0 Å². The van der Waals surface area contributed by atoms with E-state index in [1.807, 2.05) is 0 Å². The van der Waals surface area contributed by atoms with Gasteiger partial charge >= 0.3 is 22.4 Å². The van der Waals surface area contributed by atoms with Gasteiger partial charge in [-0.1, -0.05) is 198 Å². The molecule has 0 spiro atoms. The van der Waals surface area contributed by atoms with Crippen LogP contribution in [0.2, 0.25) is 0 Å². The predicted molar refractivity (Wildman–Crippen MR) is 195 cm³/mol. The Bertz CT molecular complexity index is 1270. The van der Waals surface area contributed by atoms with Crippen molar-refractivity contribution < 1.29 is 73.3 Å². The molecule has 6 heteroatoms. The average molecular weight is 1050 g/mol. The van der Waals surface area contributed by atoms with Gasteiger partial charge in [0.1, 0.15) is 0 Å². The Hall–Kier alpha value is -1.64. The Morgan fingerprint density at radius 1 is 0.229 bits per heavy atom. The van der Waals surface area contributed by atoms with E-state index in [0.29, 0.717) is 0 Å². The predicted octanol–water partition coefficient (Wildman–Crippen LogP) is 3.15. The number of hydrogen-bond acceptors (Lipinski definition) is 0. The third-order valence-electron chi connectivity index (χ3n) is 7.49. The van der Waals surface area contributed by atoms with Crippen LogP contribution in [-0.4, -0.2) is 0 Å². The second-order valence-corrected chi connectivity index (χ2v) is 15.8. The Labute approximate surface area is 338 Å². The summed E-state index contributed by atoms with van der Waals surface area (Å²) < 4.78 is 0. The molecule has 6 aromatic carbocycles. The Morgan fingerprint density at radius 2 is 0.354 bits per heavy atom. The average Bonchev–Trinajstić information content (AvgIpc) is 3.08. The molecule has 0 bridgehead atoms. The Kier molecular flexibility index (Phi) is 24.2. The van der Waals surface area contributed by atoms with Crippen molar-refractivity contribution in [3.8, 4) is 0 Å². The number of hydrogen-bond donors (Lipinski definition) is 0. The van der Waals surface area contributed by atoms with Crippen LogP contribution in [0.15, 0.2) is 182 Å². The molecule has 0 aliphatic heterocycles. The van der Waals surface area contributed by atoms with Gasteiger partial charge in [-0.25, -0.2) is 0 Å². The van der Waals surface area contributed by atoms with Gasteiger partial charge in [0.15, 0.2) is 0 Å². The zero-order chi connectivity index (χ0) is 30.1. The fraction of sp³-hybridized carbons (Fsp3) is 0.143. The standard InChI is InChI=1S/2C21H21P.Au.3BrH/c2*1-4-10-19(11-5-1)16-22(17-20-12-6-2-7-13-20)18-21-14-8-3-9-15-21;;;;/h2*1-15H,16-18H2;;3*1H/q;;+3;;;/p-3. The van der Waals surface area contributed by atoms with Gasteiger partial charge in [-0.3, -0.25) is 0 Å². The summed E-state index contributed by atoms with van der Waals surface area (Å²) in [4.78, 5) is 0. The maximum Gasteiger partial charge on any atom is 3.00 e. The molecule has 0 unspecified atom stereocenters. The zero-order valence-corrected chi connectivity index (χ0v) is 35.6. The summed E-state index contributed by atoms with van der Waals surface area (Å²) in [5.74, 6) is 0. The molecule has 6 aromatic rings. The third-order valence-corrected chi connectivity index (χ3v) is 12.4. The van der Waals surface area contributed by atoms with Crippen molar-refractivity contribution in [3.05, 3.63) is 215 Å². The van der Waals surface area contributed by atoms with Crippen LogP contribution in [0, 0.1) is 0 Å². The van der Waals surface area contributed by atoms with Gasteiger partial charge in [0.2, 0.25) is 0 Å². The minimum Gasteiger partial charge on any atom is -1.00 e. The van der Waals surface area contributed by atoms with Crippen LogP contribution in [-0.2, 0) is 59.4 Å². The summed E-state index contributed by atoms with van der Waals surface area (Å²) >= 11 is 0. The summed E-state index contributed by atoms with van der Waals surface area (Å²) in [7, 11) is -0.179. The third kappa shape index (κ3) is 16.8. The van der Waals surface area contributed by atoms with Gasteiger partial charge in [0, 0.05) is 0 Å². The molecule has 0 aliphatic carbocycles. The normalized spacial score (nSPS) is 9.88. The van der Waals surface area contributed by atoms with Crippen LogP contribution in [0.4, 0.5) is 0 Å². The molecule has 0 saturated carbocycles. The summed E-state index contributed by atoms with van der Waals surface area (Å²) in [6, 6.07) is 65.4. The molecule has 0 N–H and O–H groups in total.